The lowest BCUT2D eigenvalue weighted by molar-refractivity contribution is 0.104. The lowest BCUT2D eigenvalue weighted by Gasteiger charge is -2.03. The van der Waals surface area contributed by atoms with Crippen molar-refractivity contribution in [2.75, 3.05) is 0 Å². The Labute approximate surface area is 141 Å². The van der Waals surface area contributed by atoms with Crippen molar-refractivity contribution >= 4 is 11.9 Å². The summed E-state index contributed by atoms with van der Waals surface area (Å²) in [5.41, 5.74) is 3.71. The minimum absolute atomic E-state index is 0.133. The van der Waals surface area contributed by atoms with Gasteiger partial charge in [-0.1, -0.05) is 84.9 Å². The quantitative estimate of drug-likeness (QED) is 0.380. The molecule has 3 aromatic carbocycles. The number of nitriles is 1. The summed E-state index contributed by atoms with van der Waals surface area (Å²) in [6, 6.07) is 28.7. The van der Waals surface area contributed by atoms with Crippen LogP contribution in [-0.2, 0) is 0 Å². The lowest BCUT2D eigenvalue weighted by Crippen LogP contribution is -2.01. The maximum absolute atomic E-state index is 12.4. The molecular weight excluding hydrogens is 294 g/mol. The molecule has 0 bridgehead atoms. The molecule has 0 aliphatic carbocycles. The molecule has 0 fully saturated rings. The minimum atomic E-state index is -0.259. The molecule has 3 rings (SSSR count). The van der Waals surface area contributed by atoms with Crippen LogP contribution in [0.1, 0.15) is 15.9 Å². The third kappa shape index (κ3) is 3.48. The molecule has 0 aliphatic rings. The topological polar surface area (TPSA) is 40.9 Å². The van der Waals surface area contributed by atoms with Crippen LogP contribution in [0, 0.1) is 11.3 Å². The fourth-order valence-corrected chi connectivity index (χ4v) is 2.46. The van der Waals surface area contributed by atoms with E-state index in [1.807, 2.05) is 66.7 Å². The van der Waals surface area contributed by atoms with E-state index < -0.39 is 0 Å². The maximum atomic E-state index is 12.4. The first-order valence-corrected chi connectivity index (χ1v) is 7.65. The summed E-state index contributed by atoms with van der Waals surface area (Å²) in [4.78, 5) is 12.4. The third-order valence-corrected chi connectivity index (χ3v) is 3.73. The predicted molar refractivity (Wildman–Crippen MR) is 96.2 cm³/mol. The van der Waals surface area contributed by atoms with Crippen molar-refractivity contribution in [2.24, 2.45) is 0 Å². The largest absolute Gasteiger partial charge is 0.288 e. The van der Waals surface area contributed by atoms with Crippen LogP contribution in [0.15, 0.2) is 90.5 Å². The zero-order valence-electron chi connectivity index (χ0n) is 13.0. The number of benzene rings is 3. The minimum Gasteiger partial charge on any atom is -0.288 e. The Morgan fingerprint density at radius 3 is 1.88 bits per heavy atom. The third-order valence-electron chi connectivity index (χ3n) is 3.73. The highest BCUT2D eigenvalue weighted by atomic mass is 16.1. The van der Waals surface area contributed by atoms with E-state index in [0.29, 0.717) is 5.56 Å². The van der Waals surface area contributed by atoms with E-state index in [0.717, 1.165) is 16.7 Å². The summed E-state index contributed by atoms with van der Waals surface area (Å²) in [7, 11) is 0. The molecule has 0 saturated heterocycles. The van der Waals surface area contributed by atoms with E-state index >= 15 is 0 Å². The van der Waals surface area contributed by atoms with Crippen LogP contribution >= 0.6 is 0 Å². The number of rotatable bonds is 4. The van der Waals surface area contributed by atoms with E-state index in [2.05, 4.69) is 0 Å². The Balaban J connectivity index is 1.87. The molecule has 0 N–H and O–H groups in total. The number of Topliss-reactive ketones (excluding diaryl/α,β-unsaturated/α-hetero) is 1. The summed E-state index contributed by atoms with van der Waals surface area (Å²) in [5.74, 6) is -0.259. The standard InChI is InChI=1S/C22H15NO/c23-16-21(22(24)20-9-5-2-6-10-20)15-17-11-13-19(14-12-17)18-7-3-1-4-8-18/h1-15H. The number of carbonyl (C=O) groups is 1. The first kappa shape index (κ1) is 15.5. The molecule has 0 spiro atoms. The Hall–Kier alpha value is -3.44. The number of carbonyl (C=O) groups excluding carboxylic acids is 1. The maximum Gasteiger partial charge on any atom is 0.203 e. The van der Waals surface area contributed by atoms with Gasteiger partial charge in [0.05, 0.1) is 0 Å². The van der Waals surface area contributed by atoms with Gasteiger partial charge in [-0.05, 0) is 22.8 Å². The lowest BCUT2D eigenvalue weighted by atomic mass is 10.00. The van der Waals surface area contributed by atoms with Crippen molar-refractivity contribution in [3.63, 3.8) is 0 Å². The van der Waals surface area contributed by atoms with Crippen LogP contribution in [0.25, 0.3) is 17.2 Å². The predicted octanol–water partition coefficient (Wildman–Crippen LogP) is 5.14. The van der Waals surface area contributed by atoms with E-state index in [-0.39, 0.29) is 11.4 Å². The van der Waals surface area contributed by atoms with Gasteiger partial charge in [-0.25, -0.2) is 0 Å². The van der Waals surface area contributed by atoms with Gasteiger partial charge in [0.25, 0.3) is 0 Å². The van der Waals surface area contributed by atoms with Crippen LogP contribution in [0.5, 0.6) is 0 Å². The van der Waals surface area contributed by atoms with Gasteiger partial charge in [0.1, 0.15) is 11.6 Å². The zero-order chi connectivity index (χ0) is 16.8. The Morgan fingerprint density at radius 1 is 0.750 bits per heavy atom. The Bertz CT molecular complexity index is 902. The summed E-state index contributed by atoms with van der Waals surface area (Å²) in [6.45, 7) is 0. The number of allylic oxidation sites excluding steroid dienone is 1. The highest BCUT2D eigenvalue weighted by molar-refractivity contribution is 6.14. The molecule has 3 aromatic rings. The normalized spacial score (nSPS) is 10.9. The van der Waals surface area contributed by atoms with Gasteiger partial charge in [0.2, 0.25) is 5.78 Å². The smallest absolute Gasteiger partial charge is 0.203 e. The fourth-order valence-electron chi connectivity index (χ4n) is 2.46. The molecule has 24 heavy (non-hydrogen) atoms. The molecule has 0 atom stereocenters. The molecule has 0 radical (unpaired) electrons. The van der Waals surface area contributed by atoms with Crippen LogP contribution < -0.4 is 0 Å². The molecule has 0 amide bonds. The van der Waals surface area contributed by atoms with Gasteiger partial charge in [-0.3, -0.25) is 4.79 Å². The molecular formula is C22H15NO. The molecule has 0 aliphatic heterocycles. The van der Waals surface area contributed by atoms with Crippen molar-refractivity contribution < 1.29 is 4.79 Å². The average Bonchev–Trinajstić information content (AvgIpc) is 2.67. The van der Waals surface area contributed by atoms with Gasteiger partial charge in [-0.2, -0.15) is 5.26 Å². The SMILES string of the molecule is N#CC(=Cc1ccc(-c2ccccc2)cc1)C(=O)c1ccccc1. The number of nitrogens with zero attached hydrogens (tertiary/aromatic N) is 1. The van der Waals surface area contributed by atoms with Crippen molar-refractivity contribution in [3.05, 3.63) is 102 Å². The first-order chi connectivity index (χ1) is 11.8. The van der Waals surface area contributed by atoms with Crippen LogP contribution in [0.4, 0.5) is 0 Å². The summed E-state index contributed by atoms with van der Waals surface area (Å²) in [5, 5.41) is 9.31. The van der Waals surface area contributed by atoms with Crippen LogP contribution in [-0.4, -0.2) is 5.78 Å². The molecule has 2 nitrogen and oxygen atoms in total. The molecule has 0 heterocycles. The van der Waals surface area contributed by atoms with Crippen LogP contribution in [0.3, 0.4) is 0 Å². The molecule has 0 aromatic heterocycles. The Kier molecular flexibility index (Phi) is 4.65. The van der Waals surface area contributed by atoms with Gasteiger partial charge < -0.3 is 0 Å². The highest BCUT2D eigenvalue weighted by Gasteiger charge is 2.11. The zero-order valence-corrected chi connectivity index (χ0v) is 13.0. The van der Waals surface area contributed by atoms with E-state index in [9.17, 15) is 10.1 Å². The Morgan fingerprint density at radius 2 is 1.29 bits per heavy atom. The second-order valence-electron chi connectivity index (χ2n) is 5.35. The van der Waals surface area contributed by atoms with Crippen molar-refractivity contribution in [1.29, 1.82) is 5.26 Å². The number of hydrogen-bond donors (Lipinski definition) is 0. The monoisotopic (exact) mass is 309 g/mol. The number of hydrogen-bond acceptors (Lipinski definition) is 2. The molecule has 114 valence electrons. The van der Waals surface area contributed by atoms with Gasteiger partial charge >= 0.3 is 0 Å². The number of ketones is 1. The fraction of sp³-hybridized carbons (Fsp3) is 0. The molecule has 0 saturated carbocycles. The molecule has 2 heteroatoms. The second kappa shape index (κ2) is 7.21. The van der Waals surface area contributed by atoms with Gasteiger partial charge in [-0.15, -0.1) is 0 Å². The van der Waals surface area contributed by atoms with E-state index in [4.69, 9.17) is 0 Å². The van der Waals surface area contributed by atoms with E-state index in [1.54, 1.807) is 30.3 Å². The first-order valence-electron chi connectivity index (χ1n) is 7.65. The summed E-state index contributed by atoms with van der Waals surface area (Å²) in [6.07, 6.45) is 1.63. The summed E-state index contributed by atoms with van der Waals surface area (Å²) >= 11 is 0. The van der Waals surface area contributed by atoms with Crippen molar-refractivity contribution in [3.8, 4) is 17.2 Å². The van der Waals surface area contributed by atoms with Gasteiger partial charge in [0.15, 0.2) is 0 Å². The van der Waals surface area contributed by atoms with Crippen LogP contribution in [0.2, 0.25) is 0 Å². The van der Waals surface area contributed by atoms with Crippen molar-refractivity contribution in [1.82, 2.24) is 0 Å². The average molecular weight is 309 g/mol. The van der Waals surface area contributed by atoms with Crippen molar-refractivity contribution in [2.45, 2.75) is 0 Å². The van der Waals surface area contributed by atoms with Gasteiger partial charge in [0, 0.05) is 5.56 Å². The highest BCUT2D eigenvalue weighted by Crippen LogP contribution is 2.20. The van der Waals surface area contributed by atoms with E-state index in [1.165, 1.54) is 0 Å². The summed E-state index contributed by atoms with van der Waals surface area (Å²) < 4.78 is 0. The molecule has 0 unspecified atom stereocenters. The second-order valence-corrected chi connectivity index (χ2v) is 5.35.